The summed E-state index contributed by atoms with van der Waals surface area (Å²) in [5.74, 6) is 1.79. The van der Waals surface area contributed by atoms with Crippen LogP contribution in [0.4, 0.5) is 0 Å². The first-order valence-corrected chi connectivity index (χ1v) is 6.75. The van der Waals surface area contributed by atoms with E-state index in [1.54, 1.807) is 0 Å². The van der Waals surface area contributed by atoms with Crippen LogP contribution < -0.4 is 14.8 Å². The van der Waals surface area contributed by atoms with E-state index < -0.39 is 0 Å². The maximum atomic E-state index is 5.52. The summed E-state index contributed by atoms with van der Waals surface area (Å²) < 4.78 is 10.9. The maximum absolute atomic E-state index is 5.52. The van der Waals surface area contributed by atoms with Gasteiger partial charge in [-0.15, -0.1) is 0 Å². The van der Waals surface area contributed by atoms with Gasteiger partial charge in [-0.1, -0.05) is 26.0 Å². The zero-order valence-electron chi connectivity index (χ0n) is 11.2. The number of nitrogens with one attached hydrogen (secondary N) is 1. The van der Waals surface area contributed by atoms with E-state index in [2.05, 4.69) is 25.2 Å². The Balaban J connectivity index is 1.63. The summed E-state index contributed by atoms with van der Waals surface area (Å²) >= 11 is 0. The van der Waals surface area contributed by atoms with Crippen molar-refractivity contribution in [3.05, 3.63) is 23.8 Å². The van der Waals surface area contributed by atoms with Gasteiger partial charge < -0.3 is 14.8 Å². The van der Waals surface area contributed by atoms with Gasteiger partial charge in [-0.25, -0.2) is 0 Å². The molecule has 1 aliphatic heterocycles. The van der Waals surface area contributed by atoms with E-state index in [1.807, 2.05) is 12.1 Å². The number of hydrogen-bond donors (Lipinski definition) is 1. The molecule has 1 heterocycles. The molecule has 0 saturated heterocycles. The van der Waals surface area contributed by atoms with Crippen LogP contribution in [0, 0.1) is 5.41 Å². The SMILES string of the molecule is CC1(C)CCC(NCc2cccc3c2OCO3)C1. The zero-order chi connectivity index (χ0) is 12.6. The second kappa shape index (κ2) is 4.47. The molecule has 0 spiro atoms. The Bertz CT molecular complexity index is 442. The summed E-state index contributed by atoms with van der Waals surface area (Å²) in [6.07, 6.45) is 3.86. The second-order valence-corrected chi connectivity index (χ2v) is 6.14. The molecule has 98 valence electrons. The summed E-state index contributed by atoms with van der Waals surface area (Å²) in [6.45, 7) is 5.92. The van der Waals surface area contributed by atoms with Crippen LogP contribution in [0.1, 0.15) is 38.7 Å². The summed E-state index contributed by atoms with van der Waals surface area (Å²) in [6, 6.07) is 6.74. The molecule has 0 aromatic heterocycles. The Kier molecular flexibility index (Phi) is 2.94. The highest BCUT2D eigenvalue weighted by Gasteiger charge is 2.30. The van der Waals surface area contributed by atoms with E-state index in [4.69, 9.17) is 9.47 Å². The van der Waals surface area contributed by atoms with Crippen molar-refractivity contribution in [3.63, 3.8) is 0 Å². The predicted octanol–water partition coefficient (Wildman–Crippen LogP) is 3.08. The Labute approximate surface area is 108 Å². The third kappa shape index (κ3) is 2.32. The number of ether oxygens (including phenoxy) is 2. The lowest BCUT2D eigenvalue weighted by Crippen LogP contribution is -2.26. The van der Waals surface area contributed by atoms with Gasteiger partial charge in [0.1, 0.15) is 0 Å². The Morgan fingerprint density at radius 3 is 3.00 bits per heavy atom. The maximum Gasteiger partial charge on any atom is 0.231 e. The van der Waals surface area contributed by atoms with Gasteiger partial charge in [0, 0.05) is 18.2 Å². The van der Waals surface area contributed by atoms with Crippen LogP contribution in [0.3, 0.4) is 0 Å². The largest absolute Gasteiger partial charge is 0.454 e. The number of para-hydroxylation sites is 1. The standard InChI is InChI=1S/C15H21NO2/c1-15(2)7-6-12(8-15)16-9-11-4-3-5-13-14(11)18-10-17-13/h3-5,12,16H,6-10H2,1-2H3. The lowest BCUT2D eigenvalue weighted by Gasteiger charge is -2.18. The molecular formula is C15H21NO2. The highest BCUT2D eigenvalue weighted by atomic mass is 16.7. The van der Waals surface area contributed by atoms with E-state index in [0.29, 0.717) is 18.2 Å². The second-order valence-electron chi connectivity index (χ2n) is 6.14. The predicted molar refractivity (Wildman–Crippen MR) is 70.8 cm³/mol. The summed E-state index contributed by atoms with van der Waals surface area (Å²) in [5.41, 5.74) is 1.70. The molecule has 1 fully saturated rings. The van der Waals surface area contributed by atoms with Crippen molar-refractivity contribution in [2.45, 2.75) is 45.7 Å². The van der Waals surface area contributed by atoms with Crippen LogP contribution in [0.2, 0.25) is 0 Å². The van der Waals surface area contributed by atoms with Crippen LogP contribution in [-0.2, 0) is 6.54 Å². The van der Waals surface area contributed by atoms with Gasteiger partial charge in [0.2, 0.25) is 6.79 Å². The first-order valence-electron chi connectivity index (χ1n) is 6.75. The van der Waals surface area contributed by atoms with E-state index in [-0.39, 0.29) is 0 Å². The molecule has 1 atom stereocenters. The Morgan fingerprint density at radius 1 is 1.33 bits per heavy atom. The first kappa shape index (κ1) is 11.8. The van der Waals surface area contributed by atoms with Crippen LogP contribution in [0.5, 0.6) is 11.5 Å². The van der Waals surface area contributed by atoms with Gasteiger partial charge in [0.05, 0.1) is 0 Å². The summed E-state index contributed by atoms with van der Waals surface area (Å²) in [5, 5.41) is 3.65. The van der Waals surface area contributed by atoms with Crippen molar-refractivity contribution in [2.75, 3.05) is 6.79 Å². The van der Waals surface area contributed by atoms with Crippen molar-refractivity contribution in [1.82, 2.24) is 5.32 Å². The van der Waals surface area contributed by atoms with E-state index in [1.165, 1.54) is 24.8 Å². The fourth-order valence-corrected chi connectivity index (χ4v) is 2.99. The normalized spacial score (nSPS) is 24.4. The highest BCUT2D eigenvalue weighted by molar-refractivity contribution is 5.48. The molecule has 3 heteroatoms. The zero-order valence-corrected chi connectivity index (χ0v) is 11.2. The summed E-state index contributed by atoms with van der Waals surface area (Å²) in [4.78, 5) is 0. The number of benzene rings is 1. The average molecular weight is 247 g/mol. The van der Waals surface area contributed by atoms with Gasteiger partial charge in [0.25, 0.3) is 0 Å². The number of hydrogen-bond acceptors (Lipinski definition) is 3. The minimum atomic E-state index is 0.350. The minimum absolute atomic E-state index is 0.350. The molecule has 1 unspecified atom stereocenters. The van der Waals surface area contributed by atoms with Crippen LogP contribution in [-0.4, -0.2) is 12.8 Å². The van der Waals surface area contributed by atoms with Crippen molar-refractivity contribution in [2.24, 2.45) is 5.41 Å². The van der Waals surface area contributed by atoms with Crippen LogP contribution in [0.25, 0.3) is 0 Å². The van der Waals surface area contributed by atoms with Crippen molar-refractivity contribution >= 4 is 0 Å². The number of rotatable bonds is 3. The molecule has 1 aliphatic carbocycles. The fraction of sp³-hybridized carbons (Fsp3) is 0.600. The quantitative estimate of drug-likeness (QED) is 0.890. The Hall–Kier alpha value is -1.22. The van der Waals surface area contributed by atoms with Crippen molar-refractivity contribution in [3.8, 4) is 11.5 Å². The molecule has 1 aromatic carbocycles. The van der Waals surface area contributed by atoms with Gasteiger partial charge in [-0.05, 0) is 30.7 Å². The highest BCUT2D eigenvalue weighted by Crippen LogP contribution is 2.38. The van der Waals surface area contributed by atoms with Gasteiger partial charge in [0.15, 0.2) is 11.5 Å². The average Bonchev–Trinajstić information content (AvgIpc) is 2.92. The lowest BCUT2D eigenvalue weighted by atomic mass is 9.92. The molecule has 18 heavy (non-hydrogen) atoms. The molecule has 3 nitrogen and oxygen atoms in total. The van der Waals surface area contributed by atoms with Gasteiger partial charge in [-0.3, -0.25) is 0 Å². The molecule has 1 aromatic rings. The smallest absolute Gasteiger partial charge is 0.231 e. The molecule has 0 amide bonds. The van der Waals surface area contributed by atoms with E-state index in [9.17, 15) is 0 Å². The van der Waals surface area contributed by atoms with Crippen molar-refractivity contribution < 1.29 is 9.47 Å². The molecule has 0 bridgehead atoms. The Morgan fingerprint density at radius 2 is 2.22 bits per heavy atom. The van der Waals surface area contributed by atoms with Gasteiger partial charge >= 0.3 is 0 Å². The monoisotopic (exact) mass is 247 g/mol. The third-order valence-corrected chi connectivity index (χ3v) is 4.03. The third-order valence-electron chi connectivity index (χ3n) is 4.03. The molecule has 3 rings (SSSR count). The molecular weight excluding hydrogens is 226 g/mol. The summed E-state index contributed by atoms with van der Waals surface area (Å²) in [7, 11) is 0. The van der Waals surface area contributed by atoms with Gasteiger partial charge in [-0.2, -0.15) is 0 Å². The van der Waals surface area contributed by atoms with Crippen LogP contribution in [0.15, 0.2) is 18.2 Å². The topological polar surface area (TPSA) is 30.5 Å². The number of fused-ring (bicyclic) bond motifs is 1. The van der Waals surface area contributed by atoms with E-state index in [0.717, 1.165) is 18.0 Å². The minimum Gasteiger partial charge on any atom is -0.454 e. The van der Waals surface area contributed by atoms with E-state index >= 15 is 0 Å². The van der Waals surface area contributed by atoms with Crippen LogP contribution >= 0.6 is 0 Å². The fourth-order valence-electron chi connectivity index (χ4n) is 2.99. The van der Waals surface area contributed by atoms with Crippen molar-refractivity contribution in [1.29, 1.82) is 0 Å². The lowest BCUT2D eigenvalue weighted by molar-refractivity contribution is 0.173. The molecule has 2 aliphatic rings. The molecule has 1 saturated carbocycles. The molecule has 1 N–H and O–H groups in total. The molecule has 0 radical (unpaired) electrons. The first-order chi connectivity index (χ1) is 8.64.